The van der Waals surface area contributed by atoms with E-state index in [1.54, 1.807) is 0 Å². The van der Waals surface area contributed by atoms with Gasteiger partial charge in [-0.05, 0) is 30.8 Å². The van der Waals surface area contributed by atoms with E-state index in [1.807, 2.05) is 23.5 Å². The van der Waals surface area contributed by atoms with Gasteiger partial charge in [-0.3, -0.25) is 4.99 Å². The molecule has 0 spiro atoms. The maximum absolute atomic E-state index is 4.54. The number of thioether (sulfide) groups is 2. The van der Waals surface area contributed by atoms with Crippen LogP contribution in [0.5, 0.6) is 0 Å². The quantitative estimate of drug-likeness (QED) is 0.755. The number of nitrogens with one attached hydrogen (secondary N) is 1. The Kier molecular flexibility index (Phi) is 6.57. The number of rotatable bonds is 5. The molecule has 4 heteroatoms. The van der Waals surface area contributed by atoms with Crippen molar-refractivity contribution in [1.82, 2.24) is 5.32 Å². The number of aliphatic imine (C=N–C) groups is 1. The van der Waals surface area contributed by atoms with Gasteiger partial charge in [-0.1, -0.05) is 25.6 Å². The number of hydrogen-bond acceptors (Lipinski definition) is 4. The van der Waals surface area contributed by atoms with Gasteiger partial charge in [-0.15, -0.1) is 0 Å². The van der Waals surface area contributed by atoms with Crippen molar-refractivity contribution < 1.29 is 0 Å². The fourth-order valence-electron chi connectivity index (χ4n) is 1.33. The zero-order chi connectivity index (χ0) is 11.1. The van der Waals surface area contributed by atoms with Crippen LogP contribution in [0.2, 0.25) is 0 Å². The highest BCUT2D eigenvalue weighted by molar-refractivity contribution is 8.13. The lowest BCUT2D eigenvalue weighted by Gasteiger charge is -2.21. The van der Waals surface area contributed by atoms with E-state index in [4.69, 9.17) is 0 Å². The molecule has 0 aromatic heterocycles. The predicted octanol–water partition coefficient (Wildman–Crippen LogP) is 2.85. The van der Waals surface area contributed by atoms with Crippen LogP contribution in [0.25, 0.3) is 0 Å². The summed E-state index contributed by atoms with van der Waals surface area (Å²) in [6, 6.07) is 0.559. The molecule has 1 aliphatic heterocycles. The highest BCUT2D eigenvalue weighted by Gasteiger charge is 2.13. The molecule has 2 atom stereocenters. The summed E-state index contributed by atoms with van der Waals surface area (Å²) in [7, 11) is 0. The van der Waals surface area contributed by atoms with Crippen LogP contribution in [0.15, 0.2) is 4.99 Å². The topological polar surface area (TPSA) is 24.4 Å². The van der Waals surface area contributed by atoms with Crippen LogP contribution >= 0.6 is 23.5 Å². The molecular formula is C11H22N2S2. The molecule has 0 aromatic rings. The highest BCUT2D eigenvalue weighted by atomic mass is 32.2. The summed E-state index contributed by atoms with van der Waals surface area (Å²) in [6.07, 6.45) is 1.23. The van der Waals surface area contributed by atoms with Crippen molar-refractivity contribution in [2.75, 3.05) is 23.8 Å². The maximum atomic E-state index is 4.54. The Balaban J connectivity index is 2.17. The van der Waals surface area contributed by atoms with E-state index in [2.05, 4.69) is 31.1 Å². The van der Waals surface area contributed by atoms with E-state index < -0.39 is 0 Å². The molecular weight excluding hydrogens is 224 g/mol. The Bertz CT molecular complexity index is 207. The molecule has 1 N–H and O–H groups in total. The summed E-state index contributed by atoms with van der Waals surface area (Å²) >= 11 is 3.88. The molecule has 0 saturated carbocycles. The van der Waals surface area contributed by atoms with Gasteiger partial charge >= 0.3 is 0 Å². The zero-order valence-corrected chi connectivity index (χ0v) is 11.6. The summed E-state index contributed by atoms with van der Waals surface area (Å²) < 4.78 is 0. The average Bonchev–Trinajstić information content (AvgIpc) is 2.22. The second kappa shape index (κ2) is 7.44. The number of hydrogen-bond donors (Lipinski definition) is 1. The third-order valence-electron chi connectivity index (χ3n) is 2.32. The fraction of sp³-hybridized carbons (Fsp3) is 0.909. The third-order valence-corrected chi connectivity index (χ3v) is 4.51. The Morgan fingerprint density at radius 3 is 3.07 bits per heavy atom. The summed E-state index contributed by atoms with van der Waals surface area (Å²) in [5, 5.41) is 4.65. The standard InChI is InChI=1S/C11H22N2S2/c1-4-14-6-5-10(3)13-11-12-7-9(2)8-15-11/h9-10H,4-8H2,1-3H3,(H,12,13). The first-order valence-corrected chi connectivity index (χ1v) is 7.88. The molecule has 0 saturated heterocycles. The average molecular weight is 246 g/mol. The smallest absolute Gasteiger partial charge is 0.156 e. The van der Waals surface area contributed by atoms with Gasteiger partial charge in [-0.2, -0.15) is 11.8 Å². The van der Waals surface area contributed by atoms with Gasteiger partial charge in [0.15, 0.2) is 5.17 Å². The van der Waals surface area contributed by atoms with Crippen LogP contribution in [0.1, 0.15) is 27.2 Å². The Morgan fingerprint density at radius 2 is 2.47 bits per heavy atom. The maximum Gasteiger partial charge on any atom is 0.156 e. The summed E-state index contributed by atoms with van der Waals surface area (Å²) in [5.41, 5.74) is 0. The largest absolute Gasteiger partial charge is 0.362 e. The highest BCUT2D eigenvalue weighted by Crippen LogP contribution is 2.16. The van der Waals surface area contributed by atoms with Crippen LogP contribution in [-0.2, 0) is 0 Å². The summed E-state index contributed by atoms with van der Waals surface area (Å²) in [6.45, 7) is 7.71. The van der Waals surface area contributed by atoms with Gasteiger partial charge in [0.25, 0.3) is 0 Å². The molecule has 0 fully saturated rings. The molecule has 0 bridgehead atoms. The van der Waals surface area contributed by atoms with E-state index in [-0.39, 0.29) is 0 Å². The van der Waals surface area contributed by atoms with Crippen LogP contribution in [0.4, 0.5) is 0 Å². The van der Waals surface area contributed by atoms with Crippen molar-refractivity contribution in [3.8, 4) is 0 Å². The van der Waals surface area contributed by atoms with Crippen LogP contribution in [0.3, 0.4) is 0 Å². The Labute approximate surface area is 102 Å². The molecule has 2 unspecified atom stereocenters. The second-order valence-electron chi connectivity index (χ2n) is 4.09. The summed E-state index contributed by atoms with van der Waals surface area (Å²) in [4.78, 5) is 4.54. The number of nitrogens with zero attached hydrogens (tertiary/aromatic N) is 1. The molecule has 0 amide bonds. The van der Waals surface area contributed by atoms with E-state index in [1.165, 1.54) is 23.7 Å². The first-order chi connectivity index (χ1) is 7.22. The van der Waals surface area contributed by atoms with Crippen LogP contribution < -0.4 is 5.32 Å². The first-order valence-electron chi connectivity index (χ1n) is 5.74. The summed E-state index contributed by atoms with van der Waals surface area (Å²) in [5.74, 6) is 4.42. The number of amidine groups is 1. The van der Waals surface area contributed by atoms with Crippen molar-refractivity contribution in [2.24, 2.45) is 10.9 Å². The molecule has 1 aliphatic rings. The molecule has 0 aromatic carbocycles. The van der Waals surface area contributed by atoms with Crippen molar-refractivity contribution in [3.05, 3.63) is 0 Å². The van der Waals surface area contributed by atoms with Gasteiger partial charge in [0.2, 0.25) is 0 Å². The fourth-order valence-corrected chi connectivity index (χ4v) is 3.14. The molecule has 15 heavy (non-hydrogen) atoms. The molecule has 1 rings (SSSR count). The molecule has 2 nitrogen and oxygen atoms in total. The molecule has 0 radical (unpaired) electrons. The van der Waals surface area contributed by atoms with E-state index in [0.717, 1.165) is 17.6 Å². The van der Waals surface area contributed by atoms with Gasteiger partial charge in [-0.25, -0.2) is 0 Å². The Hall–Kier alpha value is 0.170. The molecule has 1 heterocycles. The van der Waals surface area contributed by atoms with Crippen molar-refractivity contribution in [2.45, 2.75) is 33.2 Å². The van der Waals surface area contributed by atoms with E-state index >= 15 is 0 Å². The monoisotopic (exact) mass is 246 g/mol. The lowest BCUT2D eigenvalue weighted by molar-refractivity contribution is 0.633. The normalized spacial score (nSPS) is 23.4. The first kappa shape index (κ1) is 13.2. The van der Waals surface area contributed by atoms with Gasteiger partial charge in [0.1, 0.15) is 0 Å². The van der Waals surface area contributed by atoms with Gasteiger partial charge in [0.05, 0.1) is 0 Å². The minimum absolute atomic E-state index is 0.559. The minimum atomic E-state index is 0.559. The van der Waals surface area contributed by atoms with E-state index in [0.29, 0.717) is 6.04 Å². The van der Waals surface area contributed by atoms with Gasteiger partial charge < -0.3 is 5.32 Å². The minimum Gasteiger partial charge on any atom is -0.362 e. The van der Waals surface area contributed by atoms with Crippen LogP contribution in [-0.4, -0.2) is 35.0 Å². The van der Waals surface area contributed by atoms with Crippen LogP contribution in [0, 0.1) is 5.92 Å². The molecule has 0 aliphatic carbocycles. The lowest BCUT2D eigenvalue weighted by Crippen LogP contribution is -2.33. The van der Waals surface area contributed by atoms with Crippen molar-refractivity contribution in [1.29, 1.82) is 0 Å². The predicted molar refractivity (Wildman–Crippen MR) is 74.1 cm³/mol. The second-order valence-corrected chi connectivity index (χ2v) is 6.50. The van der Waals surface area contributed by atoms with Crippen molar-refractivity contribution >= 4 is 28.7 Å². The Morgan fingerprint density at radius 1 is 1.67 bits per heavy atom. The van der Waals surface area contributed by atoms with Gasteiger partial charge in [0, 0.05) is 18.3 Å². The lowest BCUT2D eigenvalue weighted by atomic mass is 10.2. The van der Waals surface area contributed by atoms with E-state index in [9.17, 15) is 0 Å². The molecule has 88 valence electrons. The third kappa shape index (κ3) is 5.71. The SMILES string of the molecule is CCSCCC(C)NC1=NCC(C)CS1. The zero-order valence-electron chi connectivity index (χ0n) is 9.95. The van der Waals surface area contributed by atoms with Crippen molar-refractivity contribution in [3.63, 3.8) is 0 Å².